The van der Waals surface area contributed by atoms with E-state index in [-0.39, 0.29) is 11.9 Å². The van der Waals surface area contributed by atoms with Gasteiger partial charge in [0.25, 0.3) is 0 Å². The molecular weight excluding hydrogens is 317 g/mol. The van der Waals surface area contributed by atoms with Crippen LogP contribution in [0.25, 0.3) is 0 Å². The van der Waals surface area contributed by atoms with E-state index < -0.39 is 0 Å². The number of hydrogen-bond donors (Lipinski definition) is 1. The van der Waals surface area contributed by atoms with E-state index in [2.05, 4.69) is 23.7 Å². The maximum atomic E-state index is 13.5. The molecule has 2 atom stereocenters. The first-order valence-electron chi connectivity index (χ1n) is 9.13. The van der Waals surface area contributed by atoms with Crippen molar-refractivity contribution in [2.24, 2.45) is 5.92 Å². The van der Waals surface area contributed by atoms with Gasteiger partial charge in [-0.15, -0.1) is 0 Å². The van der Waals surface area contributed by atoms with Crippen molar-refractivity contribution in [3.05, 3.63) is 52.9 Å². The molecule has 3 rings (SSSR count). The number of benzene rings is 1. The summed E-state index contributed by atoms with van der Waals surface area (Å²) in [6.07, 6.45) is 2.99. The van der Waals surface area contributed by atoms with Crippen molar-refractivity contribution < 1.29 is 9.13 Å². The zero-order valence-corrected chi connectivity index (χ0v) is 15.4. The summed E-state index contributed by atoms with van der Waals surface area (Å²) in [6, 6.07) is 6.92. The number of rotatable bonds is 6. The van der Waals surface area contributed by atoms with Crippen LogP contribution in [0.1, 0.15) is 36.1 Å². The van der Waals surface area contributed by atoms with Crippen LogP contribution in [0.3, 0.4) is 0 Å². The Hall–Kier alpha value is -1.72. The number of imidazole rings is 1. The molecule has 1 fully saturated rings. The maximum absolute atomic E-state index is 13.5. The van der Waals surface area contributed by atoms with Crippen LogP contribution in [0.15, 0.2) is 24.3 Å². The van der Waals surface area contributed by atoms with Crippen molar-refractivity contribution in [1.29, 1.82) is 0 Å². The number of nitrogens with zero attached hydrogens (tertiary/aromatic N) is 2. The number of nitrogens with one attached hydrogen (secondary N) is 1. The topological polar surface area (TPSA) is 41.2 Å². The molecule has 136 valence electrons. The molecule has 1 N–H and O–H groups in total. The number of aromatic amines is 1. The van der Waals surface area contributed by atoms with Gasteiger partial charge in [0, 0.05) is 44.8 Å². The number of H-pyrrole nitrogens is 1. The second-order valence-corrected chi connectivity index (χ2v) is 7.00. The summed E-state index contributed by atoms with van der Waals surface area (Å²) in [5.41, 5.74) is 3.34. The first kappa shape index (κ1) is 18.1. The molecule has 1 aliphatic rings. The van der Waals surface area contributed by atoms with Gasteiger partial charge in [-0.2, -0.15) is 0 Å². The standard InChI is InChI=1S/C20H28FN3O/c1-4-20-22-14(2)18(23-20)13-24-9-8-19(25-3)16(12-24)10-15-6-5-7-17(21)11-15/h5-7,11,16,19H,4,8-10,12-13H2,1-3H3,(H,22,23)/t16-,19-/m1/s1. The lowest BCUT2D eigenvalue weighted by Gasteiger charge is -2.37. The zero-order chi connectivity index (χ0) is 17.8. The van der Waals surface area contributed by atoms with Gasteiger partial charge in [0.05, 0.1) is 11.8 Å². The highest BCUT2D eigenvalue weighted by Gasteiger charge is 2.30. The summed E-state index contributed by atoms with van der Waals surface area (Å²) >= 11 is 0. The smallest absolute Gasteiger partial charge is 0.123 e. The first-order chi connectivity index (χ1) is 12.1. The highest BCUT2D eigenvalue weighted by molar-refractivity contribution is 5.18. The van der Waals surface area contributed by atoms with Gasteiger partial charge in [0.15, 0.2) is 0 Å². The number of halogens is 1. The monoisotopic (exact) mass is 345 g/mol. The van der Waals surface area contributed by atoms with Gasteiger partial charge in [-0.3, -0.25) is 4.90 Å². The number of methoxy groups -OCH3 is 1. The second kappa shape index (κ2) is 8.11. The van der Waals surface area contributed by atoms with Gasteiger partial charge >= 0.3 is 0 Å². The van der Waals surface area contributed by atoms with Gasteiger partial charge in [-0.05, 0) is 37.5 Å². The van der Waals surface area contributed by atoms with Crippen LogP contribution < -0.4 is 0 Å². The molecule has 0 spiro atoms. The molecule has 25 heavy (non-hydrogen) atoms. The van der Waals surface area contributed by atoms with Crippen molar-refractivity contribution in [2.45, 2.75) is 45.8 Å². The molecule has 4 nitrogen and oxygen atoms in total. The van der Waals surface area contributed by atoms with Gasteiger partial charge < -0.3 is 9.72 Å². The summed E-state index contributed by atoms with van der Waals surface area (Å²) in [5.74, 6) is 1.25. The Bertz CT molecular complexity index is 700. The predicted octanol–water partition coefficient (Wildman–Crippen LogP) is 3.50. The summed E-state index contributed by atoms with van der Waals surface area (Å²) in [4.78, 5) is 10.5. The molecular formula is C20H28FN3O. The molecule has 0 bridgehead atoms. The van der Waals surface area contributed by atoms with Crippen LogP contribution in [0.2, 0.25) is 0 Å². The fraction of sp³-hybridized carbons (Fsp3) is 0.550. The highest BCUT2D eigenvalue weighted by atomic mass is 19.1. The third kappa shape index (κ3) is 4.47. The van der Waals surface area contributed by atoms with Gasteiger partial charge in [0.2, 0.25) is 0 Å². The zero-order valence-electron chi connectivity index (χ0n) is 15.4. The minimum Gasteiger partial charge on any atom is -0.381 e. The molecule has 0 saturated carbocycles. The van der Waals surface area contributed by atoms with E-state index in [4.69, 9.17) is 9.72 Å². The lowest BCUT2D eigenvalue weighted by molar-refractivity contribution is -0.00882. The van der Waals surface area contributed by atoms with E-state index in [0.717, 1.165) is 61.7 Å². The van der Waals surface area contributed by atoms with Crippen LogP contribution in [-0.4, -0.2) is 41.2 Å². The molecule has 0 amide bonds. The minimum absolute atomic E-state index is 0.168. The molecule has 0 aliphatic carbocycles. The molecule has 1 aromatic heterocycles. The predicted molar refractivity (Wildman–Crippen MR) is 97.0 cm³/mol. The van der Waals surface area contributed by atoms with Crippen LogP contribution in [0, 0.1) is 18.7 Å². The summed E-state index contributed by atoms with van der Waals surface area (Å²) in [7, 11) is 1.78. The van der Waals surface area contributed by atoms with E-state index in [9.17, 15) is 4.39 Å². The third-order valence-corrected chi connectivity index (χ3v) is 5.18. The molecule has 0 unspecified atom stereocenters. The Morgan fingerprint density at radius 2 is 2.24 bits per heavy atom. The van der Waals surface area contributed by atoms with Crippen molar-refractivity contribution >= 4 is 0 Å². The molecule has 5 heteroatoms. The molecule has 1 aliphatic heterocycles. The Morgan fingerprint density at radius 1 is 1.40 bits per heavy atom. The molecule has 1 saturated heterocycles. The van der Waals surface area contributed by atoms with E-state index in [0.29, 0.717) is 5.92 Å². The normalized spacial score (nSPS) is 21.6. The quantitative estimate of drug-likeness (QED) is 0.871. The lowest BCUT2D eigenvalue weighted by atomic mass is 9.88. The van der Waals surface area contributed by atoms with E-state index in [1.54, 1.807) is 19.2 Å². The highest BCUT2D eigenvalue weighted by Crippen LogP contribution is 2.25. The number of hydrogen-bond acceptors (Lipinski definition) is 3. The van der Waals surface area contributed by atoms with Crippen LogP contribution in [0.4, 0.5) is 4.39 Å². The van der Waals surface area contributed by atoms with E-state index in [1.165, 1.54) is 6.07 Å². The second-order valence-electron chi connectivity index (χ2n) is 7.00. The van der Waals surface area contributed by atoms with Crippen LogP contribution in [-0.2, 0) is 24.1 Å². The molecule has 2 aromatic rings. The number of likely N-dealkylation sites (tertiary alicyclic amines) is 1. The maximum Gasteiger partial charge on any atom is 0.123 e. The van der Waals surface area contributed by atoms with Gasteiger partial charge in [-0.25, -0.2) is 9.37 Å². The SMILES string of the molecule is CCc1nc(CN2CC[C@@H](OC)[C@H](Cc3cccc(F)c3)C2)c(C)[nH]1. The van der Waals surface area contributed by atoms with E-state index >= 15 is 0 Å². The molecule has 0 radical (unpaired) electrons. The lowest BCUT2D eigenvalue weighted by Crippen LogP contribution is -2.44. The Kier molecular flexibility index (Phi) is 5.86. The van der Waals surface area contributed by atoms with Gasteiger partial charge in [0.1, 0.15) is 11.6 Å². The van der Waals surface area contributed by atoms with Crippen molar-refractivity contribution in [1.82, 2.24) is 14.9 Å². The fourth-order valence-electron chi connectivity index (χ4n) is 3.80. The Labute approximate surface area is 149 Å². The number of ether oxygens (including phenoxy) is 1. The number of aryl methyl sites for hydroxylation is 2. The van der Waals surface area contributed by atoms with E-state index in [1.807, 2.05) is 6.07 Å². The van der Waals surface area contributed by atoms with Gasteiger partial charge in [-0.1, -0.05) is 19.1 Å². The average Bonchev–Trinajstić information content (AvgIpc) is 2.95. The molecule has 1 aromatic carbocycles. The third-order valence-electron chi connectivity index (χ3n) is 5.18. The number of piperidine rings is 1. The Morgan fingerprint density at radius 3 is 2.92 bits per heavy atom. The minimum atomic E-state index is -0.168. The summed E-state index contributed by atoms with van der Waals surface area (Å²) in [5, 5.41) is 0. The largest absolute Gasteiger partial charge is 0.381 e. The van der Waals surface area contributed by atoms with Crippen LogP contribution >= 0.6 is 0 Å². The first-order valence-corrected chi connectivity index (χ1v) is 9.13. The fourth-order valence-corrected chi connectivity index (χ4v) is 3.80. The molecule has 2 heterocycles. The van der Waals surface area contributed by atoms with Crippen molar-refractivity contribution in [3.63, 3.8) is 0 Å². The van der Waals surface area contributed by atoms with Crippen LogP contribution in [0.5, 0.6) is 0 Å². The van der Waals surface area contributed by atoms with Crippen molar-refractivity contribution in [3.8, 4) is 0 Å². The number of aromatic nitrogens is 2. The van der Waals surface area contributed by atoms with Crippen molar-refractivity contribution in [2.75, 3.05) is 20.2 Å². The summed E-state index contributed by atoms with van der Waals surface area (Å²) in [6.45, 7) is 7.02. The Balaban J connectivity index is 1.68. The average molecular weight is 345 g/mol. The summed E-state index contributed by atoms with van der Waals surface area (Å²) < 4.78 is 19.2.